The van der Waals surface area contributed by atoms with Crippen molar-refractivity contribution in [3.63, 3.8) is 0 Å². The average Bonchev–Trinajstić information content (AvgIpc) is 2.23. The highest BCUT2D eigenvalue weighted by Gasteiger charge is 2.23. The maximum Gasteiger partial charge on any atom is 0.0975 e. The molecule has 3 heteroatoms. The Bertz CT molecular complexity index is 192. The number of hydrogen-bond acceptors (Lipinski definition) is 3. The zero-order valence-corrected chi connectivity index (χ0v) is 9.20. The van der Waals surface area contributed by atoms with E-state index in [4.69, 9.17) is 10.00 Å². The first-order valence-electron chi connectivity index (χ1n) is 5.57. The topological polar surface area (TPSA) is 36.3 Å². The van der Waals surface area contributed by atoms with Crippen LogP contribution in [0, 0.1) is 11.3 Å². The molecule has 80 valence electrons. The number of nitriles is 1. The first kappa shape index (κ1) is 11.5. The Labute approximate surface area is 86.6 Å². The van der Waals surface area contributed by atoms with E-state index in [1.165, 1.54) is 0 Å². The van der Waals surface area contributed by atoms with Crippen LogP contribution in [0.4, 0.5) is 0 Å². The van der Waals surface area contributed by atoms with E-state index in [-0.39, 0.29) is 6.04 Å². The molecule has 0 amide bonds. The summed E-state index contributed by atoms with van der Waals surface area (Å²) in [4.78, 5) is 2.27. The molecule has 14 heavy (non-hydrogen) atoms. The molecule has 0 aromatic carbocycles. The predicted octanol–water partition coefficient (Wildman–Crippen LogP) is 1.79. The van der Waals surface area contributed by atoms with Gasteiger partial charge in [0, 0.05) is 19.7 Å². The second kappa shape index (κ2) is 6.00. The third-order valence-corrected chi connectivity index (χ3v) is 2.86. The van der Waals surface area contributed by atoms with Crippen LogP contribution in [0.3, 0.4) is 0 Å². The van der Waals surface area contributed by atoms with Crippen molar-refractivity contribution < 1.29 is 4.74 Å². The maximum absolute atomic E-state index is 8.92. The Hall–Kier alpha value is -0.590. The minimum atomic E-state index is 0.109. The molecule has 1 unspecified atom stereocenters. The molecule has 1 rings (SSSR count). The number of piperidine rings is 1. The number of hydrogen-bond donors (Lipinski definition) is 0. The predicted molar refractivity (Wildman–Crippen MR) is 55.9 cm³/mol. The van der Waals surface area contributed by atoms with Crippen LogP contribution in [-0.4, -0.2) is 36.7 Å². The standard InChI is InChI=1S/C11H20N2O/c1-3-10(9-12)13-7-5-11(6-8-13)14-4-2/h10-11H,3-8H2,1-2H3. The second-order valence-corrected chi connectivity index (χ2v) is 3.74. The lowest BCUT2D eigenvalue weighted by molar-refractivity contribution is 0.00886. The Morgan fingerprint density at radius 2 is 2.07 bits per heavy atom. The first-order chi connectivity index (χ1) is 6.81. The molecule has 1 saturated heterocycles. The lowest BCUT2D eigenvalue weighted by atomic mass is 10.0. The molecule has 0 saturated carbocycles. The van der Waals surface area contributed by atoms with E-state index in [9.17, 15) is 0 Å². The van der Waals surface area contributed by atoms with Crippen LogP contribution in [0.25, 0.3) is 0 Å². The summed E-state index contributed by atoms with van der Waals surface area (Å²) in [5.74, 6) is 0. The van der Waals surface area contributed by atoms with Crippen molar-refractivity contribution in [2.24, 2.45) is 0 Å². The fourth-order valence-electron chi connectivity index (χ4n) is 2.02. The number of likely N-dealkylation sites (tertiary alicyclic amines) is 1. The first-order valence-corrected chi connectivity index (χ1v) is 5.57. The van der Waals surface area contributed by atoms with Crippen LogP contribution in [-0.2, 0) is 4.74 Å². The van der Waals surface area contributed by atoms with Gasteiger partial charge >= 0.3 is 0 Å². The zero-order valence-electron chi connectivity index (χ0n) is 9.20. The van der Waals surface area contributed by atoms with Crippen molar-refractivity contribution >= 4 is 0 Å². The van der Waals surface area contributed by atoms with Gasteiger partial charge in [-0.1, -0.05) is 6.92 Å². The van der Waals surface area contributed by atoms with E-state index < -0.39 is 0 Å². The minimum absolute atomic E-state index is 0.109. The Kier molecular flexibility index (Phi) is 4.92. The molecular weight excluding hydrogens is 176 g/mol. The van der Waals surface area contributed by atoms with Gasteiger partial charge in [0.15, 0.2) is 0 Å². The van der Waals surface area contributed by atoms with Gasteiger partial charge in [-0.15, -0.1) is 0 Å². The average molecular weight is 196 g/mol. The molecule has 1 atom stereocenters. The van der Waals surface area contributed by atoms with Crippen LogP contribution in [0.15, 0.2) is 0 Å². The molecule has 0 radical (unpaired) electrons. The van der Waals surface area contributed by atoms with Gasteiger partial charge in [0.05, 0.1) is 18.2 Å². The van der Waals surface area contributed by atoms with Crippen molar-refractivity contribution in [1.82, 2.24) is 4.90 Å². The van der Waals surface area contributed by atoms with Crippen molar-refractivity contribution in [2.75, 3.05) is 19.7 Å². The molecule has 3 nitrogen and oxygen atoms in total. The van der Waals surface area contributed by atoms with Gasteiger partial charge in [0.2, 0.25) is 0 Å². The van der Waals surface area contributed by atoms with Gasteiger partial charge in [-0.05, 0) is 26.2 Å². The molecule has 0 N–H and O–H groups in total. The van der Waals surface area contributed by atoms with Crippen LogP contribution in [0.5, 0.6) is 0 Å². The SMILES string of the molecule is CCOC1CCN(C(C#N)CC)CC1. The van der Waals surface area contributed by atoms with Gasteiger partial charge < -0.3 is 4.74 Å². The normalized spacial score (nSPS) is 21.8. The molecule has 1 fully saturated rings. The number of ether oxygens (including phenoxy) is 1. The largest absolute Gasteiger partial charge is 0.378 e. The maximum atomic E-state index is 8.92. The van der Waals surface area contributed by atoms with E-state index in [1.807, 2.05) is 6.92 Å². The minimum Gasteiger partial charge on any atom is -0.378 e. The number of rotatable bonds is 4. The highest BCUT2D eigenvalue weighted by Crippen LogP contribution is 2.16. The van der Waals surface area contributed by atoms with E-state index in [1.54, 1.807) is 0 Å². The lowest BCUT2D eigenvalue weighted by Crippen LogP contribution is -2.42. The van der Waals surface area contributed by atoms with E-state index >= 15 is 0 Å². The Morgan fingerprint density at radius 3 is 2.50 bits per heavy atom. The summed E-state index contributed by atoms with van der Waals surface area (Å²) in [6, 6.07) is 2.46. The molecule has 0 aromatic heterocycles. The molecule has 1 heterocycles. The summed E-state index contributed by atoms with van der Waals surface area (Å²) in [5, 5.41) is 8.92. The van der Waals surface area contributed by atoms with Crippen molar-refractivity contribution in [3.8, 4) is 6.07 Å². The van der Waals surface area contributed by atoms with Gasteiger partial charge in [-0.3, -0.25) is 4.90 Å². The molecule has 0 bridgehead atoms. The van der Waals surface area contributed by atoms with E-state index in [0.717, 1.165) is 39.0 Å². The van der Waals surface area contributed by atoms with Gasteiger partial charge in [0.25, 0.3) is 0 Å². The Balaban J connectivity index is 2.31. The fraction of sp³-hybridized carbons (Fsp3) is 0.909. The highest BCUT2D eigenvalue weighted by atomic mass is 16.5. The summed E-state index contributed by atoms with van der Waals surface area (Å²) in [5.41, 5.74) is 0. The third-order valence-electron chi connectivity index (χ3n) is 2.86. The summed E-state index contributed by atoms with van der Waals surface area (Å²) in [7, 11) is 0. The molecule has 1 aliphatic rings. The van der Waals surface area contributed by atoms with Crippen LogP contribution in [0.1, 0.15) is 33.1 Å². The lowest BCUT2D eigenvalue weighted by Gasteiger charge is -2.34. The van der Waals surface area contributed by atoms with Gasteiger partial charge in [0.1, 0.15) is 0 Å². The molecule has 0 aliphatic carbocycles. The summed E-state index contributed by atoms with van der Waals surface area (Å²) in [6.07, 6.45) is 3.50. The number of nitrogens with zero attached hydrogens (tertiary/aromatic N) is 2. The Morgan fingerprint density at radius 1 is 1.43 bits per heavy atom. The smallest absolute Gasteiger partial charge is 0.0975 e. The fourth-order valence-corrected chi connectivity index (χ4v) is 2.02. The van der Waals surface area contributed by atoms with Gasteiger partial charge in [-0.2, -0.15) is 5.26 Å². The summed E-state index contributed by atoms with van der Waals surface area (Å²) >= 11 is 0. The summed E-state index contributed by atoms with van der Waals surface area (Å²) < 4.78 is 5.57. The van der Waals surface area contributed by atoms with Crippen molar-refractivity contribution in [2.45, 2.75) is 45.3 Å². The van der Waals surface area contributed by atoms with Crippen LogP contribution >= 0.6 is 0 Å². The quantitative estimate of drug-likeness (QED) is 0.687. The van der Waals surface area contributed by atoms with E-state index in [0.29, 0.717) is 6.10 Å². The zero-order chi connectivity index (χ0) is 10.4. The van der Waals surface area contributed by atoms with E-state index in [2.05, 4.69) is 17.9 Å². The van der Waals surface area contributed by atoms with Gasteiger partial charge in [-0.25, -0.2) is 0 Å². The molecule has 1 aliphatic heterocycles. The second-order valence-electron chi connectivity index (χ2n) is 3.74. The molecule has 0 aromatic rings. The monoisotopic (exact) mass is 196 g/mol. The molecular formula is C11H20N2O. The van der Waals surface area contributed by atoms with Crippen molar-refractivity contribution in [1.29, 1.82) is 5.26 Å². The summed E-state index contributed by atoms with van der Waals surface area (Å²) in [6.45, 7) is 6.94. The third kappa shape index (κ3) is 2.97. The van der Waals surface area contributed by atoms with Crippen molar-refractivity contribution in [3.05, 3.63) is 0 Å². The van der Waals surface area contributed by atoms with Crippen LogP contribution in [0.2, 0.25) is 0 Å². The van der Waals surface area contributed by atoms with Crippen LogP contribution < -0.4 is 0 Å². The highest BCUT2D eigenvalue weighted by molar-refractivity contribution is 4.92. The molecule has 0 spiro atoms.